The van der Waals surface area contributed by atoms with Gasteiger partial charge in [-0.2, -0.15) is 0 Å². The minimum atomic E-state index is -0.502. The molecule has 4 aromatic carbocycles. The fourth-order valence-corrected chi connectivity index (χ4v) is 8.88. The lowest BCUT2D eigenvalue weighted by Crippen LogP contribution is -2.63. The van der Waals surface area contributed by atoms with Crippen LogP contribution in [-0.2, 0) is 19.2 Å². The van der Waals surface area contributed by atoms with Gasteiger partial charge in [0.2, 0.25) is 23.6 Å². The van der Waals surface area contributed by atoms with Gasteiger partial charge in [0.05, 0.1) is 35.0 Å². The van der Waals surface area contributed by atoms with Crippen molar-refractivity contribution in [3.05, 3.63) is 97.1 Å². The number of nitrogens with zero attached hydrogens (tertiary/aromatic N) is 2. The van der Waals surface area contributed by atoms with Crippen LogP contribution < -0.4 is 9.80 Å². The first-order valence-electron chi connectivity index (χ1n) is 14.0. The van der Waals surface area contributed by atoms with E-state index in [-0.39, 0.29) is 47.3 Å². The van der Waals surface area contributed by atoms with Crippen LogP contribution in [0.5, 0.6) is 0 Å². The summed E-state index contributed by atoms with van der Waals surface area (Å²) in [5.41, 5.74) is 1.23. The number of hydrogen-bond donors (Lipinski definition) is 0. The van der Waals surface area contributed by atoms with Gasteiger partial charge in [0.15, 0.2) is 0 Å². The summed E-state index contributed by atoms with van der Waals surface area (Å²) < 4.78 is 0. The summed E-state index contributed by atoms with van der Waals surface area (Å²) in [4.78, 5) is 58.7. The number of anilines is 2. The van der Waals surface area contributed by atoms with Crippen LogP contribution in [0, 0.1) is 47.3 Å². The van der Waals surface area contributed by atoms with Gasteiger partial charge in [-0.05, 0) is 46.6 Å². The smallest absolute Gasteiger partial charge is 0.238 e. The molecule has 0 N–H and O–H groups in total. The number of carbonyl (C=O) groups excluding carboxylic acids is 4. The molecule has 2 aliphatic heterocycles. The van der Waals surface area contributed by atoms with E-state index in [9.17, 15) is 19.2 Å². The number of carbonyl (C=O) groups is 4. The van der Waals surface area contributed by atoms with E-state index in [1.54, 1.807) is 0 Å². The molecule has 4 fully saturated rings. The van der Waals surface area contributed by atoms with Crippen LogP contribution >= 0.6 is 0 Å². The monoisotopic (exact) mass is 524 g/mol. The summed E-state index contributed by atoms with van der Waals surface area (Å²) in [5, 5.41) is 3.67. The van der Waals surface area contributed by atoms with Crippen LogP contribution in [-0.4, -0.2) is 23.6 Å². The van der Waals surface area contributed by atoms with Crippen LogP contribution in [0.25, 0.3) is 21.5 Å². The van der Waals surface area contributed by atoms with Crippen LogP contribution in [0.2, 0.25) is 0 Å². The van der Waals surface area contributed by atoms with Crippen molar-refractivity contribution in [2.75, 3.05) is 9.80 Å². The summed E-state index contributed by atoms with van der Waals surface area (Å²) in [5.74, 6) is -3.32. The van der Waals surface area contributed by atoms with E-state index in [1.165, 1.54) is 9.80 Å². The molecule has 6 heteroatoms. The normalized spacial score (nSPS) is 33.5. The van der Waals surface area contributed by atoms with Gasteiger partial charge in [0.1, 0.15) is 0 Å². The molecule has 4 aliphatic carbocycles. The zero-order valence-electron chi connectivity index (χ0n) is 21.4. The molecule has 0 spiro atoms. The van der Waals surface area contributed by atoms with Gasteiger partial charge >= 0.3 is 0 Å². The molecular formula is C34H24N2O4. The summed E-state index contributed by atoms with van der Waals surface area (Å²) in [6, 6.07) is 26.9. The molecule has 0 unspecified atom stereocenters. The maximum Gasteiger partial charge on any atom is 0.238 e. The van der Waals surface area contributed by atoms with Gasteiger partial charge in [-0.25, -0.2) is 9.80 Å². The Balaban J connectivity index is 1.11. The number of rotatable bonds is 2. The van der Waals surface area contributed by atoms with E-state index in [2.05, 4.69) is 12.2 Å². The molecule has 194 valence electrons. The van der Waals surface area contributed by atoms with Crippen molar-refractivity contribution >= 4 is 56.5 Å². The molecule has 4 aromatic rings. The Labute approximate surface area is 229 Å². The quantitative estimate of drug-likeness (QED) is 0.274. The third-order valence-corrected chi connectivity index (χ3v) is 10.4. The Morgan fingerprint density at radius 1 is 0.425 bits per heavy atom. The maximum atomic E-state index is 14.0. The molecule has 4 amide bonds. The van der Waals surface area contributed by atoms with E-state index < -0.39 is 23.7 Å². The Morgan fingerprint density at radius 3 is 1.25 bits per heavy atom. The summed E-state index contributed by atoms with van der Waals surface area (Å²) >= 11 is 0. The van der Waals surface area contributed by atoms with E-state index in [4.69, 9.17) is 0 Å². The molecular weight excluding hydrogens is 500 g/mol. The third kappa shape index (κ3) is 2.50. The van der Waals surface area contributed by atoms with Gasteiger partial charge < -0.3 is 0 Å². The first-order valence-corrected chi connectivity index (χ1v) is 14.0. The second kappa shape index (κ2) is 7.54. The highest BCUT2D eigenvalue weighted by Crippen LogP contribution is 2.68. The van der Waals surface area contributed by atoms with Crippen molar-refractivity contribution in [3.8, 4) is 0 Å². The number of hydrogen-bond acceptors (Lipinski definition) is 4. The predicted molar refractivity (Wildman–Crippen MR) is 150 cm³/mol. The first kappa shape index (κ1) is 22.3. The lowest BCUT2D eigenvalue weighted by molar-refractivity contribution is -0.166. The highest BCUT2D eigenvalue weighted by atomic mass is 16.2. The first-order chi connectivity index (χ1) is 19.6. The van der Waals surface area contributed by atoms with Crippen LogP contribution in [0.1, 0.15) is 0 Å². The summed E-state index contributed by atoms with van der Waals surface area (Å²) in [6.07, 6.45) is 4.11. The van der Waals surface area contributed by atoms with E-state index in [1.807, 2.05) is 84.9 Å². The van der Waals surface area contributed by atoms with Gasteiger partial charge in [0, 0.05) is 10.8 Å². The molecule has 8 atom stereocenters. The third-order valence-electron chi connectivity index (χ3n) is 10.4. The number of imide groups is 2. The van der Waals surface area contributed by atoms with Gasteiger partial charge in [-0.15, -0.1) is 0 Å². The number of fused-ring (bicyclic) bond motifs is 3. The number of amides is 4. The molecule has 0 radical (unpaired) electrons. The molecule has 6 aliphatic rings. The van der Waals surface area contributed by atoms with Crippen molar-refractivity contribution in [2.45, 2.75) is 0 Å². The van der Waals surface area contributed by atoms with Crippen molar-refractivity contribution in [2.24, 2.45) is 47.3 Å². The fourth-order valence-electron chi connectivity index (χ4n) is 8.88. The van der Waals surface area contributed by atoms with Crippen molar-refractivity contribution in [3.63, 3.8) is 0 Å². The standard InChI is InChI=1S/C34H24N2O4/c37-31-27-21-15-16-22(28(27)32(38)35(31)23-13-5-9-17-7-1-3-11-19(17)23)26-25(21)29-30(26)34(40)36(33(29)39)24-14-6-10-18-8-2-4-12-20(18)24/h1-16,21-22,25-30H/t21-,22+,25-,26-,27+,28-,29+,30-/m0/s1. The molecule has 10 rings (SSSR count). The largest absolute Gasteiger partial charge is 0.274 e. The molecule has 0 aromatic heterocycles. The van der Waals surface area contributed by atoms with Crippen molar-refractivity contribution in [1.82, 2.24) is 0 Å². The highest BCUT2D eigenvalue weighted by molar-refractivity contribution is 6.27. The summed E-state index contributed by atoms with van der Waals surface area (Å²) in [6.45, 7) is 0. The average molecular weight is 525 g/mol. The van der Waals surface area contributed by atoms with Crippen molar-refractivity contribution in [1.29, 1.82) is 0 Å². The van der Waals surface area contributed by atoms with Crippen LogP contribution in [0.4, 0.5) is 11.4 Å². The Bertz CT molecular complexity index is 1810. The molecule has 6 nitrogen and oxygen atoms in total. The second-order valence-electron chi connectivity index (χ2n) is 11.8. The lowest BCUT2D eigenvalue weighted by atomic mass is 9.40. The van der Waals surface area contributed by atoms with E-state index in [0.717, 1.165) is 21.5 Å². The Morgan fingerprint density at radius 2 is 0.800 bits per heavy atom. The van der Waals surface area contributed by atoms with Gasteiger partial charge in [0.25, 0.3) is 0 Å². The minimum Gasteiger partial charge on any atom is -0.274 e. The van der Waals surface area contributed by atoms with E-state index >= 15 is 0 Å². The second-order valence-corrected chi connectivity index (χ2v) is 11.8. The Hall–Kier alpha value is -4.58. The highest BCUT2D eigenvalue weighted by Gasteiger charge is 2.75. The molecule has 2 saturated heterocycles. The number of allylic oxidation sites excluding steroid dienone is 2. The molecule has 2 bridgehead atoms. The zero-order valence-corrected chi connectivity index (χ0v) is 21.4. The number of benzene rings is 4. The molecule has 40 heavy (non-hydrogen) atoms. The molecule has 2 heterocycles. The van der Waals surface area contributed by atoms with Crippen LogP contribution in [0.3, 0.4) is 0 Å². The minimum absolute atomic E-state index is 0.109. The lowest BCUT2D eigenvalue weighted by Gasteiger charge is -2.60. The SMILES string of the molecule is O=C1[C@@H]2[C@H]3C=C[C@@H]([C@@H]2C(=O)N1c1cccc2ccccc12)[C@@H]1[C@@H]2C(=O)N(c4cccc5ccccc45)C(=O)[C@@H]2[C@@H]31. The van der Waals surface area contributed by atoms with Gasteiger partial charge in [-0.3, -0.25) is 19.2 Å². The average Bonchev–Trinajstić information content (AvgIpc) is 3.36. The Kier molecular flexibility index (Phi) is 4.19. The van der Waals surface area contributed by atoms with Gasteiger partial charge in [-0.1, -0.05) is 84.9 Å². The maximum absolute atomic E-state index is 14.0. The topological polar surface area (TPSA) is 74.8 Å². The summed E-state index contributed by atoms with van der Waals surface area (Å²) in [7, 11) is 0. The van der Waals surface area contributed by atoms with E-state index in [0.29, 0.717) is 11.4 Å². The molecule has 2 saturated carbocycles. The van der Waals surface area contributed by atoms with Crippen LogP contribution in [0.15, 0.2) is 97.1 Å². The zero-order chi connectivity index (χ0) is 26.9. The predicted octanol–water partition coefficient (Wildman–Crippen LogP) is 4.97. The fraction of sp³-hybridized carbons (Fsp3) is 0.235. The van der Waals surface area contributed by atoms with Crippen molar-refractivity contribution < 1.29 is 19.2 Å².